The average molecular weight is 417 g/mol. The van der Waals surface area contributed by atoms with Gasteiger partial charge in [-0.3, -0.25) is 4.79 Å². The lowest BCUT2D eigenvalue weighted by atomic mass is 10.2. The van der Waals surface area contributed by atoms with Crippen molar-refractivity contribution in [1.29, 1.82) is 0 Å². The number of carbonyl (C=O) groups excluding carboxylic acids is 1. The minimum absolute atomic E-state index is 0.236. The molecular formula is C22H28N2O4S. The van der Waals surface area contributed by atoms with Gasteiger partial charge in [0.25, 0.3) is 5.91 Å². The predicted molar refractivity (Wildman–Crippen MR) is 112 cm³/mol. The van der Waals surface area contributed by atoms with Crippen LogP contribution in [-0.2, 0) is 16.6 Å². The topological polar surface area (TPSA) is 75.7 Å². The van der Waals surface area contributed by atoms with Gasteiger partial charge in [0, 0.05) is 25.2 Å². The molecule has 1 aliphatic heterocycles. The van der Waals surface area contributed by atoms with Gasteiger partial charge in [-0.25, -0.2) is 8.42 Å². The molecular weight excluding hydrogens is 388 g/mol. The number of nitrogens with one attached hydrogen (secondary N) is 1. The van der Waals surface area contributed by atoms with Crippen LogP contribution >= 0.6 is 0 Å². The van der Waals surface area contributed by atoms with E-state index in [1.165, 1.54) is 12.1 Å². The smallest absolute Gasteiger partial charge is 0.251 e. The van der Waals surface area contributed by atoms with E-state index in [0.29, 0.717) is 31.8 Å². The summed E-state index contributed by atoms with van der Waals surface area (Å²) in [6.07, 6.45) is 3.92. The number of ether oxygens (including phenoxy) is 1. The summed E-state index contributed by atoms with van der Waals surface area (Å²) in [6, 6.07) is 13.7. The number of nitrogens with zero attached hydrogens (tertiary/aromatic N) is 1. The van der Waals surface area contributed by atoms with Crippen molar-refractivity contribution in [2.45, 2.75) is 44.0 Å². The number of carbonyl (C=O) groups is 1. The van der Waals surface area contributed by atoms with Gasteiger partial charge in [-0.1, -0.05) is 25.0 Å². The normalized spacial score (nSPS) is 15.5. The zero-order valence-corrected chi connectivity index (χ0v) is 17.6. The Hall–Kier alpha value is -2.38. The van der Waals surface area contributed by atoms with E-state index in [0.717, 1.165) is 37.0 Å². The molecule has 1 aliphatic rings. The molecule has 0 bridgehead atoms. The molecule has 1 heterocycles. The fourth-order valence-electron chi connectivity index (χ4n) is 3.41. The fraction of sp³-hybridized carbons (Fsp3) is 0.409. The number of benzene rings is 2. The molecule has 0 unspecified atom stereocenters. The van der Waals surface area contributed by atoms with Crippen molar-refractivity contribution >= 4 is 15.9 Å². The molecule has 6 nitrogen and oxygen atoms in total. The Balaban J connectivity index is 1.63. The number of hydrogen-bond donors (Lipinski definition) is 1. The first-order valence-electron chi connectivity index (χ1n) is 10.1. The molecule has 1 N–H and O–H groups in total. The van der Waals surface area contributed by atoms with Crippen LogP contribution < -0.4 is 10.1 Å². The Morgan fingerprint density at radius 1 is 1.03 bits per heavy atom. The molecule has 2 aromatic rings. The van der Waals surface area contributed by atoms with Crippen LogP contribution in [0, 0.1) is 0 Å². The molecule has 0 radical (unpaired) electrons. The van der Waals surface area contributed by atoms with Gasteiger partial charge in [0.1, 0.15) is 5.75 Å². The maximum Gasteiger partial charge on any atom is 0.251 e. The van der Waals surface area contributed by atoms with Gasteiger partial charge >= 0.3 is 0 Å². The molecule has 1 saturated heterocycles. The first-order chi connectivity index (χ1) is 14.0. The Labute approximate surface area is 172 Å². The first kappa shape index (κ1) is 21.3. The van der Waals surface area contributed by atoms with Crippen LogP contribution in [0.3, 0.4) is 0 Å². The van der Waals surface area contributed by atoms with E-state index >= 15 is 0 Å². The fourth-order valence-corrected chi connectivity index (χ4v) is 4.92. The Bertz CT molecular complexity index is 918. The highest BCUT2D eigenvalue weighted by Crippen LogP contribution is 2.21. The summed E-state index contributed by atoms with van der Waals surface area (Å²) in [5.41, 5.74) is 1.37. The highest BCUT2D eigenvalue weighted by atomic mass is 32.2. The van der Waals surface area contributed by atoms with Crippen molar-refractivity contribution in [3.05, 3.63) is 59.7 Å². The molecule has 7 heteroatoms. The number of sulfonamides is 1. The summed E-state index contributed by atoms with van der Waals surface area (Å²) in [6.45, 7) is 4.00. The quantitative estimate of drug-likeness (QED) is 0.749. The van der Waals surface area contributed by atoms with Crippen molar-refractivity contribution in [2.24, 2.45) is 0 Å². The summed E-state index contributed by atoms with van der Waals surface area (Å²) in [5.74, 6) is 0.521. The highest BCUT2D eigenvalue weighted by Gasteiger charge is 2.25. The van der Waals surface area contributed by atoms with Gasteiger partial charge in [0.2, 0.25) is 10.0 Å². The summed E-state index contributed by atoms with van der Waals surface area (Å²) in [4.78, 5) is 12.7. The van der Waals surface area contributed by atoms with Crippen LogP contribution in [0.2, 0.25) is 0 Å². The summed E-state index contributed by atoms with van der Waals surface area (Å²) < 4.78 is 32.7. The van der Waals surface area contributed by atoms with E-state index < -0.39 is 10.0 Å². The molecule has 29 heavy (non-hydrogen) atoms. The molecule has 2 aromatic carbocycles. The standard InChI is InChI=1S/C22H28N2O4S/c1-2-28-20-9-7-8-18(16-20)17-23-22(25)19-10-12-21(13-11-19)29(26,27)24-14-5-3-4-6-15-24/h7-13,16H,2-6,14-15,17H2,1H3,(H,23,25). The lowest BCUT2D eigenvalue weighted by molar-refractivity contribution is 0.0950. The van der Waals surface area contributed by atoms with E-state index in [1.54, 1.807) is 16.4 Å². The van der Waals surface area contributed by atoms with Crippen molar-refractivity contribution in [3.63, 3.8) is 0 Å². The largest absolute Gasteiger partial charge is 0.494 e. The molecule has 3 rings (SSSR count). The van der Waals surface area contributed by atoms with Crippen LogP contribution in [-0.4, -0.2) is 38.3 Å². The Kier molecular flexibility index (Phi) is 7.28. The second-order valence-corrected chi connectivity index (χ2v) is 9.04. The van der Waals surface area contributed by atoms with Crippen LogP contribution in [0.5, 0.6) is 5.75 Å². The zero-order valence-electron chi connectivity index (χ0n) is 16.8. The van der Waals surface area contributed by atoms with E-state index in [4.69, 9.17) is 4.74 Å². The lowest BCUT2D eigenvalue weighted by Gasteiger charge is -2.20. The minimum atomic E-state index is -3.51. The Morgan fingerprint density at radius 3 is 2.38 bits per heavy atom. The van der Waals surface area contributed by atoms with Crippen LogP contribution in [0.15, 0.2) is 53.4 Å². The van der Waals surface area contributed by atoms with E-state index in [1.807, 2.05) is 31.2 Å². The minimum Gasteiger partial charge on any atom is -0.494 e. The molecule has 1 amide bonds. The van der Waals surface area contributed by atoms with Gasteiger partial charge in [0.15, 0.2) is 0 Å². The third-order valence-corrected chi connectivity index (χ3v) is 6.89. The van der Waals surface area contributed by atoms with Crippen molar-refractivity contribution < 1.29 is 17.9 Å². The summed E-state index contributed by atoms with van der Waals surface area (Å²) in [5, 5.41) is 2.86. The molecule has 0 aliphatic carbocycles. The van der Waals surface area contributed by atoms with Gasteiger partial charge in [-0.15, -0.1) is 0 Å². The SMILES string of the molecule is CCOc1cccc(CNC(=O)c2ccc(S(=O)(=O)N3CCCCCC3)cc2)c1. The number of amides is 1. The van der Waals surface area contributed by atoms with Gasteiger partial charge in [0.05, 0.1) is 11.5 Å². The molecule has 0 saturated carbocycles. The molecule has 0 atom stereocenters. The van der Waals surface area contributed by atoms with Crippen LogP contribution in [0.4, 0.5) is 0 Å². The van der Waals surface area contributed by atoms with Gasteiger partial charge in [-0.05, 0) is 61.7 Å². The maximum atomic E-state index is 12.8. The first-order valence-corrected chi connectivity index (χ1v) is 11.5. The number of rotatable bonds is 7. The van der Waals surface area contributed by atoms with Gasteiger partial charge in [-0.2, -0.15) is 4.31 Å². The zero-order chi connectivity index (χ0) is 20.7. The van der Waals surface area contributed by atoms with E-state index in [2.05, 4.69) is 5.32 Å². The number of hydrogen-bond acceptors (Lipinski definition) is 4. The van der Waals surface area contributed by atoms with E-state index in [9.17, 15) is 13.2 Å². The molecule has 156 valence electrons. The van der Waals surface area contributed by atoms with Gasteiger partial charge < -0.3 is 10.1 Å². The third-order valence-electron chi connectivity index (χ3n) is 4.98. The maximum absolute atomic E-state index is 12.8. The summed E-state index contributed by atoms with van der Waals surface area (Å²) in [7, 11) is -3.51. The second kappa shape index (κ2) is 9.89. The van der Waals surface area contributed by atoms with Crippen LogP contribution in [0.1, 0.15) is 48.5 Å². The van der Waals surface area contributed by atoms with E-state index in [-0.39, 0.29) is 10.8 Å². The van der Waals surface area contributed by atoms with Crippen LogP contribution in [0.25, 0.3) is 0 Å². The molecule has 1 fully saturated rings. The molecule has 0 aromatic heterocycles. The predicted octanol–water partition coefficient (Wildman–Crippen LogP) is 3.58. The van der Waals surface area contributed by atoms with Crippen molar-refractivity contribution in [1.82, 2.24) is 9.62 Å². The molecule has 0 spiro atoms. The highest BCUT2D eigenvalue weighted by molar-refractivity contribution is 7.89. The van der Waals surface area contributed by atoms with Crippen molar-refractivity contribution in [2.75, 3.05) is 19.7 Å². The Morgan fingerprint density at radius 2 is 1.72 bits per heavy atom. The average Bonchev–Trinajstić information content (AvgIpc) is 3.03. The third kappa shape index (κ3) is 5.58. The second-order valence-electron chi connectivity index (χ2n) is 7.11. The monoisotopic (exact) mass is 416 g/mol. The lowest BCUT2D eigenvalue weighted by Crippen LogP contribution is -2.32. The van der Waals surface area contributed by atoms with Crippen molar-refractivity contribution in [3.8, 4) is 5.75 Å². The summed E-state index contributed by atoms with van der Waals surface area (Å²) >= 11 is 0.